The number of aromatic amines is 2. The van der Waals surface area contributed by atoms with Gasteiger partial charge in [0.2, 0.25) is 0 Å². The number of aryl methyl sites for hydroxylation is 1. The molecule has 1 amide bonds. The first-order valence-electron chi connectivity index (χ1n) is 11.0. The Morgan fingerprint density at radius 3 is 2.65 bits per heavy atom. The van der Waals surface area contributed by atoms with Crippen LogP contribution in [0, 0.1) is 18.6 Å². The smallest absolute Gasteiger partial charge is 0.267 e. The van der Waals surface area contributed by atoms with E-state index >= 15 is 0 Å². The van der Waals surface area contributed by atoms with E-state index < -0.39 is 11.6 Å². The van der Waals surface area contributed by atoms with Crippen molar-refractivity contribution in [2.24, 2.45) is 0 Å². The largest absolute Gasteiger partial charge is 0.489 e. The summed E-state index contributed by atoms with van der Waals surface area (Å²) in [7, 11) is 0. The lowest BCUT2D eigenvalue weighted by molar-refractivity contribution is 0.0950. The molecule has 5 rings (SSSR count). The number of nitrogens with one attached hydrogen (secondary N) is 3. The van der Waals surface area contributed by atoms with Crippen LogP contribution in [0.25, 0.3) is 21.8 Å². The quantitative estimate of drug-likeness (QED) is 0.288. The molecule has 34 heavy (non-hydrogen) atoms. The van der Waals surface area contributed by atoms with Gasteiger partial charge >= 0.3 is 0 Å². The summed E-state index contributed by atoms with van der Waals surface area (Å²) >= 11 is 0. The van der Waals surface area contributed by atoms with E-state index in [0.29, 0.717) is 30.7 Å². The Hall–Kier alpha value is -4.13. The van der Waals surface area contributed by atoms with Crippen molar-refractivity contribution in [2.75, 3.05) is 6.54 Å². The molecule has 0 atom stereocenters. The molecule has 0 spiro atoms. The van der Waals surface area contributed by atoms with Gasteiger partial charge in [-0.25, -0.2) is 8.78 Å². The Bertz CT molecular complexity index is 1490. The van der Waals surface area contributed by atoms with Crippen LogP contribution >= 0.6 is 0 Å². The number of fused-ring (bicyclic) bond motifs is 2. The maximum atomic E-state index is 14.0. The van der Waals surface area contributed by atoms with Gasteiger partial charge in [0.1, 0.15) is 29.7 Å². The summed E-state index contributed by atoms with van der Waals surface area (Å²) in [6.07, 6.45) is 0.443. The second-order valence-corrected chi connectivity index (χ2v) is 8.25. The zero-order valence-electron chi connectivity index (χ0n) is 18.5. The van der Waals surface area contributed by atoms with Gasteiger partial charge < -0.3 is 20.0 Å². The predicted octanol–water partition coefficient (Wildman–Crippen LogP) is 5.79. The van der Waals surface area contributed by atoms with Gasteiger partial charge in [-0.2, -0.15) is 0 Å². The van der Waals surface area contributed by atoms with Crippen molar-refractivity contribution in [3.05, 3.63) is 101 Å². The van der Waals surface area contributed by atoms with E-state index in [0.717, 1.165) is 39.5 Å². The number of amides is 1. The van der Waals surface area contributed by atoms with Gasteiger partial charge in [-0.1, -0.05) is 30.3 Å². The van der Waals surface area contributed by atoms with E-state index in [2.05, 4.69) is 15.3 Å². The van der Waals surface area contributed by atoms with E-state index in [-0.39, 0.29) is 11.4 Å². The summed E-state index contributed by atoms with van der Waals surface area (Å²) in [5.74, 6) is -0.785. The van der Waals surface area contributed by atoms with E-state index in [9.17, 15) is 13.6 Å². The first kappa shape index (κ1) is 21.7. The van der Waals surface area contributed by atoms with Crippen molar-refractivity contribution in [2.45, 2.75) is 20.0 Å². The molecule has 0 fully saturated rings. The lowest BCUT2D eigenvalue weighted by Crippen LogP contribution is -2.26. The van der Waals surface area contributed by atoms with Gasteiger partial charge in [0.15, 0.2) is 0 Å². The molecule has 172 valence electrons. The number of carbonyl (C=O) groups excluding carboxylic acids is 1. The molecule has 0 aliphatic heterocycles. The third-order valence-corrected chi connectivity index (χ3v) is 5.89. The van der Waals surface area contributed by atoms with Crippen molar-refractivity contribution >= 4 is 27.7 Å². The molecular weight excluding hydrogens is 436 g/mol. The summed E-state index contributed by atoms with van der Waals surface area (Å²) in [5.41, 5.74) is 4.15. The fourth-order valence-corrected chi connectivity index (χ4v) is 4.19. The Labute approximate surface area is 194 Å². The van der Waals surface area contributed by atoms with Crippen LogP contribution in [0.2, 0.25) is 0 Å². The van der Waals surface area contributed by atoms with E-state index in [1.165, 1.54) is 6.07 Å². The number of hydrogen-bond acceptors (Lipinski definition) is 2. The zero-order chi connectivity index (χ0) is 23.7. The van der Waals surface area contributed by atoms with Gasteiger partial charge in [-0.15, -0.1) is 0 Å². The number of hydrogen-bond donors (Lipinski definition) is 3. The number of rotatable bonds is 7. The fraction of sp³-hybridized carbons (Fsp3) is 0.148. The van der Waals surface area contributed by atoms with Crippen LogP contribution in [0.3, 0.4) is 0 Å². The number of aromatic nitrogens is 2. The standard InChI is InChI=1S/C27H23F2N3O2/c1-16-21(22-13-19(28)14-23(29)26(22)31-16)9-10-30-27(33)25-12-18-11-20(7-8-24(18)32-25)34-15-17-5-3-2-4-6-17/h2-8,11-14,31-32H,9-10,15H2,1H3,(H,30,33). The second-order valence-electron chi connectivity index (χ2n) is 8.25. The molecule has 0 unspecified atom stereocenters. The highest BCUT2D eigenvalue weighted by molar-refractivity contribution is 5.98. The Morgan fingerprint density at radius 2 is 1.82 bits per heavy atom. The first-order valence-corrected chi connectivity index (χ1v) is 11.0. The molecule has 0 saturated carbocycles. The van der Waals surface area contributed by atoms with Gasteiger partial charge in [0.05, 0.1) is 5.52 Å². The zero-order valence-corrected chi connectivity index (χ0v) is 18.5. The van der Waals surface area contributed by atoms with Crippen LogP contribution < -0.4 is 10.1 Å². The molecule has 3 aromatic carbocycles. The maximum absolute atomic E-state index is 14.0. The summed E-state index contributed by atoms with van der Waals surface area (Å²) in [6, 6.07) is 19.5. The molecule has 0 aliphatic carbocycles. The summed E-state index contributed by atoms with van der Waals surface area (Å²) in [6.45, 7) is 2.60. The molecule has 7 heteroatoms. The normalized spacial score (nSPS) is 11.3. The van der Waals surface area contributed by atoms with Crippen molar-refractivity contribution < 1.29 is 18.3 Å². The minimum Gasteiger partial charge on any atom is -0.489 e. The molecule has 0 bridgehead atoms. The Balaban J connectivity index is 1.24. The molecule has 0 saturated heterocycles. The van der Waals surface area contributed by atoms with Gasteiger partial charge in [-0.05, 0) is 54.8 Å². The van der Waals surface area contributed by atoms with Crippen LogP contribution in [-0.2, 0) is 13.0 Å². The highest BCUT2D eigenvalue weighted by Crippen LogP contribution is 2.26. The van der Waals surface area contributed by atoms with Gasteiger partial charge in [-0.3, -0.25) is 4.79 Å². The van der Waals surface area contributed by atoms with E-state index in [4.69, 9.17) is 4.74 Å². The molecule has 5 aromatic rings. The second kappa shape index (κ2) is 9.02. The van der Waals surface area contributed by atoms with Crippen LogP contribution in [0.4, 0.5) is 8.78 Å². The molecule has 5 nitrogen and oxygen atoms in total. The summed E-state index contributed by atoms with van der Waals surface area (Å²) in [5, 5.41) is 4.25. The predicted molar refractivity (Wildman–Crippen MR) is 128 cm³/mol. The third-order valence-electron chi connectivity index (χ3n) is 5.89. The van der Waals surface area contributed by atoms with Crippen molar-refractivity contribution in [3.63, 3.8) is 0 Å². The average molecular weight is 459 g/mol. The van der Waals surface area contributed by atoms with Crippen LogP contribution in [-0.4, -0.2) is 22.4 Å². The van der Waals surface area contributed by atoms with E-state index in [1.54, 1.807) is 6.07 Å². The summed E-state index contributed by atoms with van der Waals surface area (Å²) in [4.78, 5) is 18.8. The topological polar surface area (TPSA) is 69.9 Å². The number of carbonyl (C=O) groups is 1. The molecule has 3 N–H and O–H groups in total. The summed E-state index contributed by atoms with van der Waals surface area (Å²) < 4.78 is 33.6. The third kappa shape index (κ3) is 4.37. The van der Waals surface area contributed by atoms with Crippen LogP contribution in [0.5, 0.6) is 5.75 Å². The Morgan fingerprint density at radius 1 is 1.00 bits per heavy atom. The fourth-order valence-electron chi connectivity index (χ4n) is 4.19. The lowest BCUT2D eigenvalue weighted by Gasteiger charge is -2.06. The minimum atomic E-state index is -0.626. The minimum absolute atomic E-state index is 0.252. The van der Waals surface area contributed by atoms with Crippen molar-refractivity contribution in [3.8, 4) is 5.75 Å². The monoisotopic (exact) mass is 459 g/mol. The van der Waals surface area contributed by atoms with Gasteiger partial charge in [0.25, 0.3) is 5.91 Å². The SMILES string of the molecule is Cc1[nH]c2c(F)cc(F)cc2c1CCNC(=O)c1cc2cc(OCc3ccccc3)ccc2[nH]1. The lowest BCUT2D eigenvalue weighted by atomic mass is 10.1. The molecule has 2 heterocycles. The molecule has 0 radical (unpaired) electrons. The average Bonchev–Trinajstić information content (AvgIpc) is 3.39. The van der Waals surface area contributed by atoms with Gasteiger partial charge in [0, 0.05) is 34.6 Å². The number of H-pyrrole nitrogens is 2. The molecule has 0 aliphatic rings. The Kier molecular flexibility index (Phi) is 5.76. The van der Waals surface area contributed by atoms with Crippen molar-refractivity contribution in [1.29, 1.82) is 0 Å². The maximum Gasteiger partial charge on any atom is 0.267 e. The van der Waals surface area contributed by atoms with E-state index in [1.807, 2.05) is 55.5 Å². The molecular formula is C27H23F2N3O2. The number of ether oxygens (including phenoxy) is 1. The number of benzene rings is 3. The van der Waals surface area contributed by atoms with Crippen LogP contribution in [0.15, 0.2) is 66.7 Å². The molecule has 2 aromatic heterocycles. The van der Waals surface area contributed by atoms with Crippen LogP contribution in [0.1, 0.15) is 27.3 Å². The van der Waals surface area contributed by atoms with Crippen molar-refractivity contribution in [1.82, 2.24) is 15.3 Å². The first-order chi connectivity index (χ1) is 16.5. The number of halogens is 2. The highest BCUT2D eigenvalue weighted by atomic mass is 19.1. The highest BCUT2D eigenvalue weighted by Gasteiger charge is 2.15.